The Morgan fingerprint density at radius 1 is 1.08 bits per heavy atom. The molecule has 2 N–H and O–H groups in total. The molecule has 1 aliphatic heterocycles. The first kappa shape index (κ1) is 23.2. The Kier molecular flexibility index (Phi) is 5.74. The maximum absolute atomic E-state index is 13.3. The first-order valence-electron chi connectivity index (χ1n) is 13.0. The molecule has 2 aromatic carbocycles. The number of rotatable bonds is 7. The number of hydrogen-bond donors (Lipinski definition) is 2. The molecule has 190 valence electrons. The molecule has 5 aromatic rings. The van der Waals surface area contributed by atoms with Crippen molar-refractivity contribution in [1.82, 2.24) is 24.8 Å². The number of pyridine rings is 1. The van der Waals surface area contributed by atoms with E-state index in [-0.39, 0.29) is 24.1 Å². The van der Waals surface area contributed by atoms with E-state index in [4.69, 9.17) is 4.98 Å². The van der Waals surface area contributed by atoms with E-state index < -0.39 is 0 Å². The number of H-pyrrole nitrogens is 1. The molecule has 9 heteroatoms. The van der Waals surface area contributed by atoms with Crippen molar-refractivity contribution in [2.45, 2.75) is 32.2 Å². The lowest BCUT2D eigenvalue weighted by molar-refractivity contribution is 0.0992. The number of aromatic amines is 1. The summed E-state index contributed by atoms with van der Waals surface area (Å²) in [7, 11) is 0. The van der Waals surface area contributed by atoms with E-state index in [1.807, 2.05) is 36.4 Å². The number of fused-ring (bicyclic) bond motifs is 3. The van der Waals surface area contributed by atoms with Gasteiger partial charge in [0.25, 0.3) is 5.91 Å². The van der Waals surface area contributed by atoms with Crippen LogP contribution < -0.4 is 5.32 Å². The van der Waals surface area contributed by atoms with Crippen LogP contribution in [0.5, 0.6) is 0 Å². The van der Waals surface area contributed by atoms with Gasteiger partial charge in [-0.15, -0.1) is 11.3 Å². The summed E-state index contributed by atoms with van der Waals surface area (Å²) in [5.41, 5.74) is 3.19. The number of carbonyl (C=O) groups excluding carboxylic acids is 2. The highest BCUT2D eigenvalue weighted by atomic mass is 32.1. The van der Waals surface area contributed by atoms with Crippen LogP contribution in [0.3, 0.4) is 0 Å². The summed E-state index contributed by atoms with van der Waals surface area (Å²) in [4.78, 5) is 46.8. The molecule has 8 nitrogen and oxygen atoms in total. The topological polar surface area (TPSA) is 104 Å². The standard InChI is InChI=1S/C29H26N6O2S/c36-24(13-26-31-21-10-11-35(15-17-8-9-17)16-25(21)38-26)20-6-3-7-22-27(20)33-29(32-22)34-28(37)23-12-18-4-1-2-5-19(18)14-30-23/h1-7,12,14,17H,8-11,13,15-16H2,(H2,32,33,34,37). The largest absolute Gasteiger partial charge is 0.324 e. The van der Waals surface area contributed by atoms with Gasteiger partial charge < -0.3 is 4.98 Å². The Labute approximate surface area is 223 Å². The van der Waals surface area contributed by atoms with Gasteiger partial charge in [-0.25, -0.2) is 9.97 Å². The van der Waals surface area contributed by atoms with Crippen LogP contribution in [0.4, 0.5) is 5.95 Å². The number of hydrogen-bond acceptors (Lipinski definition) is 7. The molecule has 3 aromatic heterocycles. The van der Waals surface area contributed by atoms with Crippen molar-refractivity contribution in [3.63, 3.8) is 0 Å². The van der Waals surface area contributed by atoms with Gasteiger partial charge in [0.2, 0.25) is 5.95 Å². The number of carbonyl (C=O) groups is 2. The van der Waals surface area contributed by atoms with Gasteiger partial charge in [-0.05, 0) is 42.3 Å². The van der Waals surface area contributed by atoms with E-state index in [0.29, 0.717) is 22.3 Å². The molecule has 0 atom stereocenters. The number of aromatic nitrogens is 4. The molecule has 1 fully saturated rings. The van der Waals surface area contributed by atoms with Gasteiger partial charge in [-0.3, -0.25) is 24.8 Å². The van der Waals surface area contributed by atoms with Crippen LogP contribution in [-0.4, -0.2) is 49.6 Å². The van der Waals surface area contributed by atoms with Crippen LogP contribution in [0.15, 0.2) is 54.7 Å². The van der Waals surface area contributed by atoms with Gasteiger partial charge in [0.05, 0.1) is 17.6 Å². The predicted molar refractivity (Wildman–Crippen MR) is 148 cm³/mol. The Hall–Kier alpha value is -3.95. The normalized spacial score (nSPS) is 15.6. The van der Waals surface area contributed by atoms with Crippen LogP contribution >= 0.6 is 11.3 Å². The van der Waals surface area contributed by atoms with E-state index in [2.05, 4.69) is 25.2 Å². The number of nitrogens with zero attached hydrogens (tertiary/aromatic N) is 4. The average molecular weight is 523 g/mol. The van der Waals surface area contributed by atoms with Gasteiger partial charge in [0.15, 0.2) is 5.78 Å². The van der Waals surface area contributed by atoms with Crippen LogP contribution in [0.2, 0.25) is 0 Å². The number of imidazole rings is 1. The van der Waals surface area contributed by atoms with Crippen LogP contribution in [-0.2, 0) is 19.4 Å². The number of ketones is 1. The molecule has 38 heavy (non-hydrogen) atoms. The van der Waals surface area contributed by atoms with Gasteiger partial charge in [-0.1, -0.05) is 30.3 Å². The summed E-state index contributed by atoms with van der Waals surface area (Å²) in [6.07, 6.45) is 5.60. The fourth-order valence-electron chi connectivity index (χ4n) is 5.13. The maximum atomic E-state index is 13.3. The molecule has 0 bridgehead atoms. The second-order valence-electron chi connectivity index (χ2n) is 10.2. The van der Waals surface area contributed by atoms with Crippen molar-refractivity contribution in [3.8, 4) is 0 Å². The van der Waals surface area contributed by atoms with E-state index >= 15 is 0 Å². The lowest BCUT2D eigenvalue weighted by Crippen LogP contribution is -2.31. The van der Waals surface area contributed by atoms with Crippen molar-refractivity contribution in [2.24, 2.45) is 5.92 Å². The van der Waals surface area contributed by atoms with Crippen LogP contribution in [0, 0.1) is 5.92 Å². The molecule has 2 aliphatic rings. The number of para-hydroxylation sites is 1. The highest BCUT2D eigenvalue weighted by Crippen LogP contribution is 2.33. The summed E-state index contributed by atoms with van der Waals surface area (Å²) < 4.78 is 0. The van der Waals surface area contributed by atoms with Crippen LogP contribution in [0.1, 0.15) is 49.3 Å². The van der Waals surface area contributed by atoms with Crippen molar-refractivity contribution in [2.75, 3.05) is 18.4 Å². The lowest BCUT2D eigenvalue weighted by atomic mass is 10.1. The highest BCUT2D eigenvalue weighted by Gasteiger charge is 2.28. The molecule has 0 unspecified atom stereocenters. The smallest absolute Gasteiger partial charge is 0.276 e. The SMILES string of the molecule is O=C(Nc1nc2c(C(=O)Cc3nc4c(s3)CN(CC3CC3)CC4)cccc2[nH]1)c1cc2ccccc2cn1. The molecule has 0 saturated heterocycles. The molecule has 7 rings (SSSR count). The Bertz CT molecular complexity index is 1700. The van der Waals surface area contributed by atoms with E-state index in [0.717, 1.165) is 46.9 Å². The van der Waals surface area contributed by atoms with E-state index in [1.165, 1.54) is 24.3 Å². The Balaban J connectivity index is 1.08. The van der Waals surface area contributed by atoms with Gasteiger partial charge in [0.1, 0.15) is 16.2 Å². The number of thiazole rings is 1. The number of Topliss-reactive ketones (excluding diaryl/α,β-unsaturated/α-hetero) is 1. The van der Waals surface area contributed by atoms with Crippen molar-refractivity contribution < 1.29 is 9.59 Å². The average Bonchev–Trinajstić information content (AvgIpc) is 3.50. The van der Waals surface area contributed by atoms with Gasteiger partial charge in [-0.2, -0.15) is 0 Å². The summed E-state index contributed by atoms with van der Waals surface area (Å²) >= 11 is 1.66. The fourth-order valence-corrected chi connectivity index (χ4v) is 6.28. The zero-order valence-electron chi connectivity index (χ0n) is 20.7. The molecular formula is C29H26N6O2S. The lowest BCUT2D eigenvalue weighted by Gasteiger charge is -2.25. The predicted octanol–water partition coefficient (Wildman–Crippen LogP) is 5.01. The Morgan fingerprint density at radius 2 is 1.95 bits per heavy atom. The number of nitrogens with one attached hydrogen (secondary N) is 2. The molecule has 1 saturated carbocycles. The summed E-state index contributed by atoms with van der Waals surface area (Å²) in [5.74, 6) is 0.753. The molecular weight excluding hydrogens is 496 g/mol. The molecule has 1 amide bonds. The quantitative estimate of drug-likeness (QED) is 0.291. The van der Waals surface area contributed by atoms with Crippen molar-refractivity contribution in [3.05, 3.63) is 81.6 Å². The fraction of sp³-hybridized carbons (Fsp3) is 0.276. The van der Waals surface area contributed by atoms with Gasteiger partial charge in [0, 0.05) is 48.1 Å². The molecule has 0 spiro atoms. The highest BCUT2D eigenvalue weighted by molar-refractivity contribution is 7.11. The minimum Gasteiger partial charge on any atom is -0.324 e. The molecule has 1 aliphatic carbocycles. The van der Waals surface area contributed by atoms with Crippen molar-refractivity contribution >= 4 is 50.8 Å². The summed E-state index contributed by atoms with van der Waals surface area (Å²) in [5, 5.41) is 5.55. The zero-order chi connectivity index (χ0) is 25.6. The second-order valence-corrected chi connectivity index (χ2v) is 11.3. The van der Waals surface area contributed by atoms with Crippen LogP contribution in [0.25, 0.3) is 21.8 Å². The maximum Gasteiger partial charge on any atom is 0.276 e. The number of anilines is 1. The minimum atomic E-state index is -0.369. The van der Waals surface area contributed by atoms with Crippen molar-refractivity contribution in [1.29, 1.82) is 0 Å². The number of amides is 1. The van der Waals surface area contributed by atoms with E-state index in [1.54, 1.807) is 29.7 Å². The first-order chi connectivity index (χ1) is 18.6. The van der Waals surface area contributed by atoms with Gasteiger partial charge >= 0.3 is 0 Å². The third-order valence-electron chi connectivity index (χ3n) is 7.29. The molecule has 4 heterocycles. The third-order valence-corrected chi connectivity index (χ3v) is 8.37. The third kappa shape index (κ3) is 4.59. The monoisotopic (exact) mass is 522 g/mol. The molecule has 0 radical (unpaired) electrons. The second kappa shape index (κ2) is 9.41. The summed E-state index contributed by atoms with van der Waals surface area (Å²) in [6, 6.07) is 15.0. The first-order valence-corrected chi connectivity index (χ1v) is 13.8. The van der Waals surface area contributed by atoms with E-state index in [9.17, 15) is 9.59 Å². The minimum absolute atomic E-state index is 0.0305. The number of benzene rings is 2. The Morgan fingerprint density at radius 3 is 2.82 bits per heavy atom. The summed E-state index contributed by atoms with van der Waals surface area (Å²) in [6.45, 7) is 3.18. The zero-order valence-corrected chi connectivity index (χ0v) is 21.6.